The Kier molecular flexibility index (Phi) is 7.46. The third-order valence-electron chi connectivity index (χ3n) is 4.96. The number of nitrogens with one attached hydrogen (secondary N) is 1. The lowest BCUT2D eigenvalue weighted by Crippen LogP contribution is -2.37. The Bertz CT molecular complexity index is 737. The molecule has 5 nitrogen and oxygen atoms in total. The van der Waals surface area contributed by atoms with Gasteiger partial charge in [-0.25, -0.2) is 0 Å². The second kappa shape index (κ2) is 10.2. The highest BCUT2D eigenvalue weighted by Crippen LogP contribution is 2.15. The van der Waals surface area contributed by atoms with Gasteiger partial charge in [-0.05, 0) is 36.6 Å². The Balaban J connectivity index is 1.47. The summed E-state index contributed by atoms with van der Waals surface area (Å²) < 4.78 is 11.2. The van der Waals surface area contributed by atoms with E-state index in [4.69, 9.17) is 9.47 Å². The lowest BCUT2D eigenvalue weighted by atomic mass is 10.1. The van der Waals surface area contributed by atoms with Gasteiger partial charge in [0.05, 0.1) is 13.2 Å². The zero-order valence-electron chi connectivity index (χ0n) is 16.8. The minimum atomic E-state index is -0.483. The zero-order chi connectivity index (χ0) is 19.8. The van der Waals surface area contributed by atoms with Crippen molar-refractivity contribution in [2.24, 2.45) is 0 Å². The van der Waals surface area contributed by atoms with Crippen LogP contribution in [0.3, 0.4) is 0 Å². The molecule has 1 aliphatic rings. The smallest absolute Gasteiger partial charge is 0.261 e. The molecule has 150 valence electrons. The molecular weight excluding hydrogens is 352 g/mol. The van der Waals surface area contributed by atoms with Crippen LogP contribution in [0.1, 0.15) is 30.0 Å². The van der Waals surface area contributed by atoms with Gasteiger partial charge in [0.25, 0.3) is 5.91 Å². The van der Waals surface area contributed by atoms with Crippen LogP contribution in [-0.2, 0) is 22.6 Å². The van der Waals surface area contributed by atoms with Gasteiger partial charge >= 0.3 is 0 Å². The fraction of sp³-hybridized carbons (Fsp3) is 0.435. The van der Waals surface area contributed by atoms with Crippen molar-refractivity contribution in [3.05, 3.63) is 65.2 Å². The van der Waals surface area contributed by atoms with Crippen LogP contribution in [-0.4, -0.2) is 43.2 Å². The Morgan fingerprint density at radius 2 is 1.71 bits per heavy atom. The number of carbonyl (C=O) groups excluding carboxylic acids is 1. The summed E-state index contributed by atoms with van der Waals surface area (Å²) in [6.07, 6.45) is 0.140. The third kappa shape index (κ3) is 6.08. The number of carbonyl (C=O) groups is 1. The number of amides is 1. The fourth-order valence-electron chi connectivity index (χ4n) is 3.19. The summed E-state index contributed by atoms with van der Waals surface area (Å²) >= 11 is 0. The number of aryl methyl sites for hydroxylation is 1. The SMILES string of the molecule is CCC(Oc1ccc(C)cc1)C(=O)NCc1ccc(CN2CCOCC2)cc1. The molecule has 0 aromatic heterocycles. The first-order chi connectivity index (χ1) is 13.6. The Hall–Kier alpha value is -2.37. The molecule has 1 aliphatic heterocycles. The molecule has 1 atom stereocenters. The number of nitrogens with zero attached hydrogens (tertiary/aromatic N) is 1. The number of ether oxygens (including phenoxy) is 2. The molecule has 3 rings (SSSR count). The molecule has 5 heteroatoms. The molecule has 1 amide bonds. The molecule has 0 aliphatic carbocycles. The standard InChI is InChI=1S/C23H30N2O3/c1-3-22(28-21-10-4-18(2)5-11-21)23(26)24-16-19-6-8-20(9-7-19)17-25-12-14-27-15-13-25/h4-11,22H,3,12-17H2,1-2H3,(H,24,26). The quantitative estimate of drug-likeness (QED) is 0.761. The van der Waals surface area contributed by atoms with Crippen LogP contribution < -0.4 is 10.1 Å². The minimum Gasteiger partial charge on any atom is -0.481 e. The van der Waals surface area contributed by atoms with Crippen LogP contribution in [0.5, 0.6) is 5.75 Å². The molecule has 1 saturated heterocycles. The molecule has 1 unspecified atom stereocenters. The summed E-state index contributed by atoms with van der Waals surface area (Å²) in [5, 5.41) is 2.99. The summed E-state index contributed by atoms with van der Waals surface area (Å²) in [6.45, 7) is 9.02. The maximum atomic E-state index is 12.5. The molecule has 0 spiro atoms. The monoisotopic (exact) mass is 382 g/mol. The highest BCUT2D eigenvalue weighted by molar-refractivity contribution is 5.81. The number of benzene rings is 2. The van der Waals surface area contributed by atoms with E-state index in [2.05, 4.69) is 34.5 Å². The molecule has 2 aromatic carbocycles. The largest absolute Gasteiger partial charge is 0.481 e. The molecule has 28 heavy (non-hydrogen) atoms. The number of hydrogen-bond acceptors (Lipinski definition) is 4. The predicted molar refractivity (Wildman–Crippen MR) is 110 cm³/mol. The summed E-state index contributed by atoms with van der Waals surface area (Å²) in [7, 11) is 0. The molecule has 0 bridgehead atoms. The van der Waals surface area contributed by atoms with Crippen molar-refractivity contribution in [3.8, 4) is 5.75 Å². The topological polar surface area (TPSA) is 50.8 Å². The number of rotatable bonds is 8. The van der Waals surface area contributed by atoms with Crippen LogP contribution in [0.2, 0.25) is 0 Å². The molecular formula is C23H30N2O3. The minimum absolute atomic E-state index is 0.0829. The Morgan fingerprint density at radius 3 is 2.36 bits per heavy atom. The number of hydrogen-bond donors (Lipinski definition) is 1. The summed E-state index contributed by atoms with van der Waals surface area (Å²) in [6, 6.07) is 16.2. The van der Waals surface area contributed by atoms with Crippen LogP contribution in [0, 0.1) is 6.92 Å². The van der Waals surface area contributed by atoms with Crippen LogP contribution >= 0.6 is 0 Å². The van der Waals surface area contributed by atoms with Crippen LogP contribution in [0.25, 0.3) is 0 Å². The van der Waals surface area contributed by atoms with Crippen LogP contribution in [0.4, 0.5) is 0 Å². The fourth-order valence-corrected chi connectivity index (χ4v) is 3.19. The van der Waals surface area contributed by atoms with E-state index in [-0.39, 0.29) is 5.91 Å². The van der Waals surface area contributed by atoms with Crippen LogP contribution in [0.15, 0.2) is 48.5 Å². The first-order valence-corrected chi connectivity index (χ1v) is 10.0. The summed E-state index contributed by atoms with van der Waals surface area (Å²) in [5.74, 6) is 0.639. The molecule has 0 saturated carbocycles. The maximum absolute atomic E-state index is 12.5. The van der Waals surface area contributed by atoms with E-state index in [1.54, 1.807) is 0 Å². The third-order valence-corrected chi connectivity index (χ3v) is 4.96. The van der Waals surface area contributed by atoms with E-state index in [1.165, 1.54) is 11.1 Å². The van der Waals surface area contributed by atoms with Gasteiger partial charge < -0.3 is 14.8 Å². The highest BCUT2D eigenvalue weighted by atomic mass is 16.5. The van der Waals surface area contributed by atoms with Crippen molar-refractivity contribution >= 4 is 5.91 Å². The van der Waals surface area contributed by atoms with E-state index >= 15 is 0 Å². The van der Waals surface area contributed by atoms with Gasteiger partial charge in [-0.2, -0.15) is 0 Å². The highest BCUT2D eigenvalue weighted by Gasteiger charge is 2.18. The maximum Gasteiger partial charge on any atom is 0.261 e. The van der Waals surface area contributed by atoms with E-state index < -0.39 is 6.10 Å². The van der Waals surface area contributed by atoms with Gasteiger partial charge in [0.2, 0.25) is 0 Å². The second-order valence-corrected chi connectivity index (χ2v) is 7.25. The summed E-state index contributed by atoms with van der Waals surface area (Å²) in [5.41, 5.74) is 3.54. The Labute approximate surface area is 167 Å². The lowest BCUT2D eigenvalue weighted by Gasteiger charge is -2.26. The molecule has 2 aromatic rings. The van der Waals surface area contributed by atoms with Gasteiger partial charge in [0.1, 0.15) is 5.75 Å². The van der Waals surface area contributed by atoms with Crippen molar-refractivity contribution < 1.29 is 14.3 Å². The second-order valence-electron chi connectivity index (χ2n) is 7.25. The molecule has 0 radical (unpaired) electrons. The van der Waals surface area contributed by atoms with Gasteiger partial charge in [-0.3, -0.25) is 9.69 Å². The van der Waals surface area contributed by atoms with Crippen molar-refractivity contribution in [2.75, 3.05) is 26.3 Å². The molecule has 1 N–H and O–H groups in total. The summed E-state index contributed by atoms with van der Waals surface area (Å²) in [4.78, 5) is 14.9. The predicted octanol–water partition coefficient (Wildman–Crippen LogP) is 3.30. The van der Waals surface area contributed by atoms with Gasteiger partial charge in [0.15, 0.2) is 6.10 Å². The molecule has 1 fully saturated rings. The van der Waals surface area contributed by atoms with E-state index in [0.717, 1.165) is 44.2 Å². The average molecular weight is 383 g/mol. The van der Waals surface area contributed by atoms with Gasteiger partial charge in [-0.15, -0.1) is 0 Å². The van der Waals surface area contributed by atoms with Crippen molar-refractivity contribution in [3.63, 3.8) is 0 Å². The van der Waals surface area contributed by atoms with E-state index in [9.17, 15) is 4.79 Å². The first-order valence-electron chi connectivity index (χ1n) is 10.0. The first kappa shape index (κ1) is 20.4. The molecule has 1 heterocycles. The lowest BCUT2D eigenvalue weighted by molar-refractivity contribution is -0.128. The zero-order valence-corrected chi connectivity index (χ0v) is 16.8. The normalized spacial score (nSPS) is 15.8. The van der Waals surface area contributed by atoms with Crippen molar-refractivity contribution in [1.82, 2.24) is 10.2 Å². The van der Waals surface area contributed by atoms with Crippen molar-refractivity contribution in [1.29, 1.82) is 0 Å². The van der Waals surface area contributed by atoms with Gasteiger partial charge in [0, 0.05) is 26.2 Å². The van der Waals surface area contributed by atoms with Crippen molar-refractivity contribution in [2.45, 2.75) is 39.5 Å². The van der Waals surface area contributed by atoms with E-state index in [1.807, 2.05) is 38.1 Å². The average Bonchev–Trinajstić information content (AvgIpc) is 2.73. The number of morpholine rings is 1. The van der Waals surface area contributed by atoms with Gasteiger partial charge in [-0.1, -0.05) is 48.9 Å². The van der Waals surface area contributed by atoms with E-state index in [0.29, 0.717) is 13.0 Å². The Morgan fingerprint density at radius 1 is 1.07 bits per heavy atom.